The van der Waals surface area contributed by atoms with Gasteiger partial charge in [0.15, 0.2) is 0 Å². The predicted molar refractivity (Wildman–Crippen MR) is 457 cm³/mol. The quantitative estimate of drug-likeness (QED) is 0.0245. The topological polar surface area (TPSA) is 286 Å². The number of carbonyl (C=O) groups excluding carboxylic acids is 2. The predicted octanol–water partition coefficient (Wildman–Crippen LogP) is 19.2. The van der Waals surface area contributed by atoms with Gasteiger partial charge in [-0.25, -0.2) is 22.1 Å². The first kappa shape index (κ1) is 95.7. The SMILES string of the molecule is C.C.CC(C)(C)[S@](=O)CCc1cc(Cl)ccn1.CCOC(=O)Cc1ccc(F)cc1OCc1cc(-c2ccnc(CN[S@@](=O)C(C)(C)C)c2)c2oc(F)cc2c1.CCOC(=O)Cc1ccc(F)cc1OCc1cc(B2OC(C)(C)C(C)(C)O2)c2oc(F)cc2c1.NCc1cc(-c2cc(COc3cc(F)ccc3CC(=O)O)cc3cc(F)oc23)ccn1. The molecule has 0 aliphatic carbocycles. The van der Waals surface area contributed by atoms with Crippen LogP contribution in [-0.2, 0) is 114 Å². The van der Waals surface area contributed by atoms with E-state index in [9.17, 15) is 49.1 Å². The van der Waals surface area contributed by atoms with Crippen LogP contribution in [0.5, 0.6) is 17.2 Å². The molecule has 21 nitrogen and oxygen atoms in total. The molecule has 121 heavy (non-hydrogen) atoms. The number of carbonyl (C=O) groups is 3. The number of esters is 2. The van der Waals surface area contributed by atoms with Gasteiger partial charge in [-0.1, -0.05) is 50.7 Å². The number of halogens is 7. The van der Waals surface area contributed by atoms with Crippen molar-refractivity contribution in [3.05, 3.63) is 255 Å². The van der Waals surface area contributed by atoms with E-state index in [0.717, 1.165) is 22.9 Å². The van der Waals surface area contributed by atoms with E-state index in [1.807, 2.05) is 81.4 Å². The van der Waals surface area contributed by atoms with Crippen molar-refractivity contribution in [1.29, 1.82) is 0 Å². The lowest BCUT2D eigenvalue weighted by Gasteiger charge is -2.32. The summed E-state index contributed by atoms with van der Waals surface area (Å²) in [6.45, 7) is 23.8. The summed E-state index contributed by atoms with van der Waals surface area (Å²) in [6, 6.07) is 34.5. The number of rotatable bonds is 27. The number of pyridine rings is 3. The first-order valence-corrected chi connectivity index (χ1v) is 40.7. The number of nitrogens with one attached hydrogen (secondary N) is 1. The first-order chi connectivity index (χ1) is 56.3. The van der Waals surface area contributed by atoms with E-state index >= 15 is 0 Å². The molecule has 0 amide bonds. The average Bonchev–Trinajstić information content (AvgIpc) is 1.61. The zero-order chi connectivity index (χ0) is 86.3. The van der Waals surface area contributed by atoms with Gasteiger partial charge in [0.1, 0.15) is 71.3 Å². The summed E-state index contributed by atoms with van der Waals surface area (Å²) in [5, 5.41) is 11.3. The number of hydrogen-bond acceptors (Lipinski definition) is 19. The third-order valence-electron chi connectivity index (χ3n) is 18.8. The molecule has 7 heterocycles. The van der Waals surface area contributed by atoms with Gasteiger partial charge in [-0.05, 0) is 196 Å². The number of ether oxygens (including phenoxy) is 5. The Hall–Kier alpha value is -10.7. The lowest BCUT2D eigenvalue weighted by Crippen LogP contribution is -2.41. The van der Waals surface area contributed by atoms with Gasteiger partial charge in [0.05, 0.1) is 77.3 Å². The summed E-state index contributed by atoms with van der Waals surface area (Å²) in [5.41, 5.74) is 14.4. The Morgan fingerprint density at radius 1 is 0.521 bits per heavy atom. The van der Waals surface area contributed by atoms with Gasteiger partial charge in [0, 0.05) is 149 Å². The van der Waals surface area contributed by atoms with Crippen LogP contribution >= 0.6 is 11.6 Å². The van der Waals surface area contributed by atoms with Crippen molar-refractivity contribution in [2.75, 3.05) is 19.0 Å². The molecule has 6 aromatic heterocycles. The molecule has 0 bridgehead atoms. The maximum atomic E-state index is 14.1. The molecule has 12 aromatic rings. The highest BCUT2D eigenvalue weighted by Crippen LogP contribution is 2.40. The van der Waals surface area contributed by atoms with Crippen molar-refractivity contribution in [2.45, 2.75) is 177 Å². The third kappa shape index (κ3) is 26.4. The van der Waals surface area contributed by atoms with E-state index in [1.165, 1.54) is 66.7 Å². The second-order valence-corrected chi connectivity index (χ2v) is 35.3. The lowest BCUT2D eigenvalue weighted by molar-refractivity contribution is -0.143. The first-order valence-electron chi connectivity index (χ1n) is 37.9. The van der Waals surface area contributed by atoms with Crippen molar-refractivity contribution >= 4 is 96.8 Å². The van der Waals surface area contributed by atoms with Gasteiger partial charge in [-0.3, -0.25) is 33.5 Å². The number of nitrogens with zero attached hydrogens (tertiary/aromatic N) is 3. The Kier molecular flexibility index (Phi) is 33.4. The van der Waals surface area contributed by atoms with Gasteiger partial charge in [0.25, 0.3) is 18.0 Å². The number of hydrogen-bond donors (Lipinski definition) is 3. The molecule has 1 aliphatic rings. The molecule has 2 atom stereocenters. The van der Waals surface area contributed by atoms with Gasteiger partial charge in [-0.15, -0.1) is 0 Å². The van der Waals surface area contributed by atoms with E-state index in [4.69, 9.17) is 68.7 Å². The highest BCUT2D eigenvalue weighted by atomic mass is 35.5. The molecule has 1 saturated heterocycles. The largest absolute Gasteiger partial charge is 0.498 e. The molecule has 4 N–H and O–H groups in total. The van der Waals surface area contributed by atoms with Crippen molar-refractivity contribution in [1.82, 2.24) is 19.7 Å². The van der Waals surface area contributed by atoms with Crippen LogP contribution in [0.2, 0.25) is 5.02 Å². The van der Waals surface area contributed by atoms with Crippen LogP contribution in [0.4, 0.5) is 26.3 Å². The third-order valence-corrected chi connectivity index (χ3v) is 22.5. The second kappa shape index (κ2) is 42.2. The molecule has 13 rings (SSSR count). The number of fused-ring (bicyclic) bond motifs is 3. The fraction of sp³-hybridized carbons (Fsp3) is 0.333. The monoisotopic (exact) mass is 1730 g/mol. The number of benzene rings is 6. The summed E-state index contributed by atoms with van der Waals surface area (Å²) >= 11 is 5.83. The zero-order valence-electron chi connectivity index (χ0n) is 67.6. The Morgan fingerprint density at radius 3 is 1.35 bits per heavy atom. The second-order valence-electron chi connectivity index (χ2n) is 30.5. The fourth-order valence-corrected chi connectivity index (χ4v) is 14.1. The van der Waals surface area contributed by atoms with E-state index in [-0.39, 0.29) is 102 Å². The van der Waals surface area contributed by atoms with Crippen LogP contribution in [0.15, 0.2) is 177 Å². The van der Waals surface area contributed by atoms with Crippen LogP contribution in [0.3, 0.4) is 0 Å². The van der Waals surface area contributed by atoms with Gasteiger partial charge < -0.3 is 57.1 Å². The minimum Gasteiger partial charge on any atom is -0.488 e. The molecule has 0 unspecified atom stereocenters. The normalized spacial score (nSPS) is 13.3. The van der Waals surface area contributed by atoms with Crippen LogP contribution in [0.25, 0.3) is 55.2 Å². The summed E-state index contributed by atoms with van der Waals surface area (Å²) < 4.78 is 166. The summed E-state index contributed by atoms with van der Waals surface area (Å²) in [7, 11) is -2.87. The number of aromatic nitrogens is 3. The Morgan fingerprint density at radius 2 is 0.926 bits per heavy atom. The number of aliphatic carboxylic acids is 1. The molecule has 6 aromatic carbocycles. The van der Waals surface area contributed by atoms with Crippen molar-refractivity contribution < 1.29 is 100 Å². The van der Waals surface area contributed by atoms with Gasteiger partial charge in [0.2, 0.25) is 0 Å². The average molecular weight is 1730 g/mol. The minimum absolute atomic E-state index is 0. The number of furan rings is 3. The van der Waals surface area contributed by atoms with E-state index < -0.39 is 98.3 Å². The maximum Gasteiger partial charge on any atom is 0.498 e. The number of nitrogens with two attached hydrogens (primary N) is 1. The number of carboxylic acids is 1. The molecule has 31 heteroatoms. The highest BCUT2D eigenvalue weighted by molar-refractivity contribution is 7.86. The van der Waals surface area contributed by atoms with Gasteiger partial charge in [-0.2, -0.15) is 13.2 Å². The molecule has 644 valence electrons. The Labute approximate surface area is 709 Å². The Bertz CT molecular complexity index is 5660. The smallest absolute Gasteiger partial charge is 0.488 e. The standard InChI is InChI=1S/C29H30F2N2O5S.C25H27BF2O6.C23H18F2N2O4.C11H16ClNOS.2CH4/c1-5-36-27(34)14-20-6-7-22(30)15-25(20)37-17-18-10-21-13-26(31)38-28(21)24(11-18)19-8-9-32-23(12-19)16-33-39(35)29(2,3)4;1-6-30-22(29)12-16-7-8-18(27)13-20(16)31-14-15-9-17-11-21(28)32-23(17)19(10-15)26-33-24(2,3)25(4,5)34-26;24-17-2-1-15(9-22(28)29)20(10-17)30-12-13-5-16-8-21(25)31-23(16)19(6-13)14-3-4-27-18(7-14)11-26;1-11(2,3)15(14)7-5-10-8-9(12)4-6-13-10;;/h6-13,15,33H,5,14,16-17H2,1-4H3;7-11,13H,6,12,14H2,1-5H3;1-8,10H,9,11-12,26H2,(H,28,29);4,6,8H,5,7H2,1-3H3;2*1H4/t39-;;;15-;;/m0..1../s1. The fourth-order valence-electron chi connectivity index (χ4n) is 12.2. The molecule has 1 aliphatic heterocycles. The van der Waals surface area contributed by atoms with E-state index in [1.54, 1.807) is 93.1 Å². The van der Waals surface area contributed by atoms with E-state index in [2.05, 4.69) is 19.7 Å². The van der Waals surface area contributed by atoms with Crippen molar-refractivity contribution in [3.63, 3.8) is 0 Å². The lowest BCUT2D eigenvalue weighted by atomic mass is 9.77. The highest BCUT2D eigenvalue weighted by Gasteiger charge is 2.52. The van der Waals surface area contributed by atoms with Crippen molar-refractivity contribution in [2.24, 2.45) is 5.73 Å². The van der Waals surface area contributed by atoms with Crippen molar-refractivity contribution in [3.8, 4) is 39.5 Å². The molecule has 1 fully saturated rings. The summed E-state index contributed by atoms with van der Waals surface area (Å²) in [6.07, 6.45) is 5.21. The van der Waals surface area contributed by atoms with Crippen LogP contribution in [0.1, 0.15) is 148 Å². The molecule has 0 radical (unpaired) electrons. The summed E-state index contributed by atoms with van der Waals surface area (Å²) in [4.78, 5) is 47.7. The van der Waals surface area contributed by atoms with Crippen LogP contribution in [0, 0.1) is 35.5 Å². The minimum atomic E-state index is -1.27. The Balaban J connectivity index is 0.000000207. The van der Waals surface area contributed by atoms with Crippen LogP contribution < -0.4 is 30.1 Å². The molecule has 0 saturated carbocycles. The summed E-state index contributed by atoms with van der Waals surface area (Å²) in [5.74, 6) is -2.25. The van der Waals surface area contributed by atoms with Gasteiger partial charge >= 0.3 is 25.0 Å². The van der Waals surface area contributed by atoms with E-state index in [0.29, 0.717) is 111 Å². The number of aryl methyl sites for hydroxylation is 1. The molecular formula is C90H99BClF6N5O16S2. The molecule has 0 spiro atoms. The number of carboxylic acid groups (broad SMARTS) is 1. The molecular weight excluding hydrogens is 1630 g/mol. The zero-order valence-corrected chi connectivity index (χ0v) is 70.0. The van der Waals surface area contributed by atoms with Crippen LogP contribution in [-0.4, -0.2) is 93.2 Å². The maximum absolute atomic E-state index is 14.1.